The lowest BCUT2D eigenvalue weighted by molar-refractivity contribution is 0.400. The van der Waals surface area contributed by atoms with Crippen molar-refractivity contribution < 1.29 is 4.74 Å². The van der Waals surface area contributed by atoms with Crippen LogP contribution in [0.15, 0.2) is 30.6 Å². The highest BCUT2D eigenvalue weighted by atomic mass is 79.9. The molecule has 0 atom stereocenters. The molecule has 0 spiro atoms. The summed E-state index contributed by atoms with van der Waals surface area (Å²) in [6.07, 6.45) is 3.62. The van der Waals surface area contributed by atoms with Crippen molar-refractivity contribution in [3.63, 3.8) is 0 Å². The fourth-order valence-corrected chi connectivity index (χ4v) is 1.72. The molecular weight excluding hydrogens is 242 g/mol. The number of aromatic nitrogens is 1. The quantitative estimate of drug-likeness (QED) is 0.765. The van der Waals surface area contributed by atoms with Crippen LogP contribution in [0.2, 0.25) is 0 Å². The van der Waals surface area contributed by atoms with Gasteiger partial charge in [0, 0.05) is 17.8 Å². The lowest BCUT2D eigenvalue weighted by Gasteiger charge is -2.09. The van der Waals surface area contributed by atoms with Gasteiger partial charge in [-0.2, -0.15) is 0 Å². The first-order valence-electron chi connectivity index (χ1n) is 4.35. The van der Waals surface area contributed by atoms with Crippen LogP contribution >= 0.6 is 15.9 Å². The van der Waals surface area contributed by atoms with E-state index in [1.807, 2.05) is 19.2 Å². The minimum Gasteiger partial charge on any atom is -0.481 e. The van der Waals surface area contributed by atoms with Crippen LogP contribution in [0.5, 0.6) is 5.75 Å². The predicted octanol–water partition coefficient (Wildman–Crippen LogP) is 3.27. The smallest absolute Gasteiger partial charge is 0.143 e. The van der Waals surface area contributed by atoms with Crippen molar-refractivity contribution in [2.45, 2.75) is 6.92 Å². The Hall–Kier alpha value is -1.09. The number of alkyl halides is 1. The van der Waals surface area contributed by atoms with Crippen molar-refractivity contribution in [2.24, 2.45) is 0 Å². The Morgan fingerprint density at radius 2 is 2.21 bits per heavy atom. The number of halogens is 1. The normalized spacial score (nSPS) is 10.4. The van der Waals surface area contributed by atoms with Crippen molar-refractivity contribution >= 4 is 26.7 Å². The average Bonchev–Trinajstić information content (AvgIpc) is 2.23. The van der Waals surface area contributed by atoms with Crippen LogP contribution in [0.25, 0.3) is 10.8 Å². The zero-order valence-electron chi connectivity index (χ0n) is 7.83. The number of ether oxygens (including phenoxy) is 1. The lowest BCUT2D eigenvalue weighted by atomic mass is 10.1. The average molecular weight is 252 g/mol. The van der Waals surface area contributed by atoms with E-state index in [1.54, 1.807) is 6.20 Å². The predicted molar refractivity (Wildman–Crippen MR) is 60.9 cm³/mol. The molecule has 72 valence electrons. The first-order chi connectivity index (χ1) is 6.83. The first-order valence-corrected chi connectivity index (χ1v) is 5.47. The molecule has 14 heavy (non-hydrogen) atoms. The molecule has 0 N–H and O–H groups in total. The Balaban J connectivity index is 2.69. The van der Waals surface area contributed by atoms with Gasteiger partial charge >= 0.3 is 0 Å². The third-order valence-corrected chi connectivity index (χ3v) is 2.40. The molecule has 2 aromatic rings. The van der Waals surface area contributed by atoms with Gasteiger partial charge < -0.3 is 4.74 Å². The molecule has 1 heterocycles. The van der Waals surface area contributed by atoms with Crippen LogP contribution in [0, 0.1) is 6.92 Å². The van der Waals surface area contributed by atoms with Gasteiger partial charge in [-0.1, -0.05) is 12.1 Å². The van der Waals surface area contributed by atoms with E-state index in [2.05, 4.69) is 33.0 Å². The number of hydrogen-bond acceptors (Lipinski definition) is 2. The maximum absolute atomic E-state index is 5.53. The SMILES string of the molecule is Cc1ccc2ccncc2c1OCBr. The molecule has 1 aromatic carbocycles. The maximum atomic E-state index is 5.53. The first kappa shape index (κ1) is 9.46. The molecule has 0 bridgehead atoms. The fraction of sp³-hybridized carbons (Fsp3) is 0.182. The number of hydrogen-bond donors (Lipinski definition) is 0. The number of nitrogens with zero attached hydrogens (tertiary/aromatic N) is 1. The third kappa shape index (κ3) is 1.60. The van der Waals surface area contributed by atoms with E-state index in [9.17, 15) is 0 Å². The van der Waals surface area contributed by atoms with E-state index < -0.39 is 0 Å². The van der Waals surface area contributed by atoms with E-state index >= 15 is 0 Å². The summed E-state index contributed by atoms with van der Waals surface area (Å²) >= 11 is 3.26. The standard InChI is InChI=1S/C11H10BrNO/c1-8-2-3-9-4-5-13-6-10(9)11(8)14-7-12/h2-6H,7H2,1H3. The van der Waals surface area contributed by atoms with E-state index in [0.29, 0.717) is 5.52 Å². The third-order valence-electron chi connectivity index (χ3n) is 2.17. The second-order valence-corrected chi connectivity index (χ2v) is 3.52. The maximum Gasteiger partial charge on any atom is 0.143 e. The molecule has 0 radical (unpaired) electrons. The summed E-state index contributed by atoms with van der Waals surface area (Å²) in [5.41, 5.74) is 1.63. The number of aryl methyl sites for hydroxylation is 1. The summed E-state index contributed by atoms with van der Waals surface area (Å²) in [6, 6.07) is 6.11. The number of benzene rings is 1. The molecule has 0 aliphatic heterocycles. The Labute approximate surface area is 91.0 Å². The molecule has 0 saturated heterocycles. The highest BCUT2D eigenvalue weighted by Crippen LogP contribution is 2.28. The highest BCUT2D eigenvalue weighted by Gasteiger charge is 2.04. The zero-order chi connectivity index (χ0) is 9.97. The molecule has 3 heteroatoms. The van der Waals surface area contributed by atoms with Gasteiger partial charge in [0.2, 0.25) is 0 Å². The second-order valence-electron chi connectivity index (χ2n) is 3.06. The van der Waals surface area contributed by atoms with Gasteiger partial charge in [0.1, 0.15) is 11.3 Å². The van der Waals surface area contributed by atoms with Gasteiger partial charge in [0.05, 0.1) is 0 Å². The molecule has 2 nitrogen and oxygen atoms in total. The van der Waals surface area contributed by atoms with Gasteiger partial charge in [-0.15, -0.1) is 0 Å². The fourth-order valence-electron chi connectivity index (χ4n) is 1.49. The molecule has 1 aromatic heterocycles. The van der Waals surface area contributed by atoms with Gasteiger partial charge in [0.15, 0.2) is 0 Å². The summed E-state index contributed by atoms with van der Waals surface area (Å²) in [5.74, 6) is 0.910. The molecular formula is C11H10BrNO. The van der Waals surface area contributed by atoms with Crippen molar-refractivity contribution in [1.82, 2.24) is 4.98 Å². The Bertz CT molecular complexity index is 456. The van der Waals surface area contributed by atoms with E-state index in [4.69, 9.17) is 4.74 Å². The summed E-state index contributed by atoms with van der Waals surface area (Å²) in [4.78, 5) is 4.10. The van der Waals surface area contributed by atoms with Crippen LogP contribution in [-0.2, 0) is 0 Å². The Morgan fingerprint density at radius 3 is 3.00 bits per heavy atom. The summed E-state index contributed by atoms with van der Waals surface area (Å²) in [5, 5.41) is 2.22. The van der Waals surface area contributed by atoms with E-state index in [-0.39, 0.29) is 0 Å². The summed E-state index contributed by atoms with van der Waals surface area (Å²) in [6.45, 7) is 2.03. The zero-order valence-corrected chi connectivity index (χ0v) is 9.41. The van der Waals surface area contributed by atoms with E-state index in [1.165, 1.54) is 0 Å². The van der Waals surface area contributed by atoms with Gasteiger partial charge in [-0.25, -0.2) is 0 Å². The van der Waals surface area contributed by atoms with Crippen LogP contribution in [-0.4, -0.2) is 10.5 Å². The monoisotopic (exact) mass is 251 g/mol. The van der Waals surface area contributed by atoms with Gasteiger partial charge in [0.25, 0.3) is 0 Å². The molecule has 2 rings (SSSR count). The van der Waals surface area contributed by atoms with Crippen LogP contribution in [0.1, 0.15) is 5.56 Å². The molecule has 0 aliphatic carbocycles. The highest BCUT2D eigenvalue weighted by molar-refractivity contribution is 9.09. The molecule has 0 saturated carbocycles. The van der Waals surface area contributed by atoms with Gasteiger partial charge in [-0.3, -0.25) is 4.98 Å². The number of rotatable bonds is 2. The second kappa shape index (κ2) is 3.96. The minimum absolute atomic E-state index is 0.502. The Morgan fingerprint density at radius 1 is 1.36 bits per heavy atom. The van der Waals surface area contributed by atoms with Crippen LogP contribution in [0.3, 0.4) is 0 Å². The largest absolute Gasteiger partial charge is 0.481 e. The molecule has 0 unspecified atom stereocenters. The summed E-state index contributed by atoms with van der Waals surface area (Å²) < 4.78 is 5.53. The minimum atomic E-state index is 0.502. The summed E-state index contributed by atoms with van der Waals surface area (Å²) in [7, 11) is 0. The lowest BCUT2D eigenvalue weighted by Crippen LogP contribution is -1.93. The number of fused-ring (bicyclic) bond motifs is 1. The van der Waals surface area contributed by atoms with Crippen molar-refractivity contribution in [2.75, 3.05) is 5.52 Å². The number of pyridine rings is 1. The van der Waals surface area contributed by atoms with Crippen molar-refractivity contribution in [1.29, 1.82) is 0 Å². The topological polar surface area (TPSA) is 22.1 Å². The van der Waals surface area contributed by atoms with Crippen LogP contribution < -0.4 is 4.74 Å². The Kier molecular flexibility index (Phi) is 2.68. The van der Waals surface area contributed by atoms with Crippen molar-refractivity contribution in [3.05, 3.63) is 36.2 Å². The molecule has 0 amide bonds. The molecule has 0 fully saturated rings. The van der Waals surface area contributed by atoms with E-state index in [0.717, 1.165) is 22.1 Å². The van der Waals surface area contributed by atoms with Crippen molar-refractivity contribution in [3.8, 4) is 5.75 Å². The van der Waals surface area contributed by atoms with Crippen LogP contribution in [0.4, 0.5) is 0 Å². The molecule has 0 aliphatic rings. The van der Waals surface area contributed by atoms with Gasteiger partial charge in [-0.05, 0) is 39.9 Å².